The Morgan fingerprint density at radius 1 is 1.40 bits per heavy atom. The number of hydrogen-bond acceptors (Lipinski definition) is 5. The lowest BCUT2D eigenvalue weighted by Crippen LogP contribution is -2.35. The minimum atomic E-state index is -0.716. The van der Waals surface area contributed by atoms with Crippen LogP contribution in [0, 0.1) is 0 Å². The van der Waals surface area contributed by atoms with E-state index < -0.39 is 11.9 Å². The molecule has 3 aromatic rings. The number of rotatable bonds is 6. The van der Waals surface area contributed by atoms with Crippen molar-refractivity contribution >= 4 is 38.8 Å². The minimum Gasteiger partial charge on any atom is -0.368 e. The number of primary amides is 1. The third-order valence-corrected chi connectivity index (χ3v) is 6.38. The first kappa shape index (κ1) is 17.8. The summed E-state index contributed by atoms with van der Waals surface area (Å²) in [5, 5.41) is 2.61. The summed E-state index contributed by atoms with van der Waals surface area (Å²) in [5.74, 6) is 0.108. The Morgan fingerprint density at radius 3 is 2.72 bits per heavy atom. The van der Waals surface area contributed by atoms with Crippen LogP contribution in [0.5, 0.6) is 0 Å². The maximum atomic E-state index is 13.3. The summed E-state index contributed by atoms with van der Waals surface area (Å²) in [6.07, 6.45) is 2.31. The number of carbonyl (C=O) groups is 1. The summed E-state index contributed by atoms with van der Waals surface area (Å²) < 4.78 is 1.48. The Hall–Kier alpha value is -1.99. The van der Waals surface area contributed by atoms with E-state index in [0.29, 0.717) is 17.6 Å². The van der Waals surface area contributed by atoms with Crippen LogP contribution in [0.15, 0.2) is 22.3 Å². The molecule has 3 rings (SSSR count). The summed E-state index contributed by atoms with van der Waals surface area (Å²) in [6, 6.07) is 3.28. The van der Waals surface area contributed by atoms with E-state index in [0.717, 1.165) is 33.0 Å². The average molecular weight is 376 g/mol. The Kier molecular flexibility index (Phi) is 5.06. The number of hydrogen-bond donors (Lipinski definition) is 1. The van der Waals surface area contributed by atoms with Crippen LogP contribution in [0.25, 0.3) is 20.7 Å². The highest BCUT2D eigenvalue weighted by molar-refractivity contribution is 7.20. The highest BCUT2D eigenvalue weighted by atomic mass is 32.1. The Bertz CT molecular complexity index is 971. The lowest BCUT2D eigenvalue weighted by Gasteiger charge is -2.16. The molecular weight excluding hydrogens is 354 g/mol. The zero-order valence-corrected chi connectivity index (χ0v) is 16.2. The topological polar surface area (TPSA) is 78.0 Å². The molecule has 2 N–H and O–H groups in total. The van der Waals surface area contributed by atoms with Crippen molar-refractivity contribution in [2.24, 2.45) is 5.73 Å². The third kappa shape index (κ3) is 3.02. The van der Waals surface area contributed by atoms with Gasteiger partial charge in [0.25, 0.3) is 5.56 Å². The largest absolute Gasteiger partial charge is 0.368 e. The van der Waals surface area contributed by atoms with Gasteiger partial charge in [0.1, 0.15) is 16.7 Å². The van der Waals surface area contributed by atoms with Crippen LogP contribution in [-0.4, -0.2) is 15.5 Å². The van der Waals surface area contributed by atoms with Crippen molar-refractivity contribution in [1.29, 1.82) is 0 Å². The molecule has 0 saturated heterocycles. The fraction of sp³-hybridized carbons (Fsp3) is 0.389. The Morgan fingerprint density at radius 2 is 2.16 bits per heavy atom. The van der Waals surface area contributed by atoms with Crippen molar-refractivity contribution in [1.82, 2.24) is 9.55 Å². The van der Waals surface area contributed by atoms with Crippen molar-refractivity contribution in [3.05, 3.63) is 38.6 Å². The second kappa shape index (κ2) is 7.09. The molecule has 0 radical (unpaired) electrons. The van der Waals surface area contributed by atoms with E-state index in [1.807, 2.05) is 24.4 Å². The zero-order valence-electron chi connectivity index (χ0n) is 14.5. The standard InChI is InChI=1S/C18H21N3O2S2/c1-4-7-13-20-17-15(18(23)21(13)10(3)16(19)22)14(11(5-2)25-17)12-8-6-9-24-12/h6,8-10H,4-5,7H2,1-3H3,(H2,19,22). The molecule has 3 aromatic heterocycles. The van der Waals surface area contributed by atoms with Crippen LogP contribution < -0.4 is 11.3 Å². The molecule has 7 heteroatoms. The zero-order chi connectivity index (χ0) is 18.1. The summed E-state index contributed by atoms with van der Waals surface area (Å²) in [4.78, 5) is 32.8. The molecule has 3 heterocycles. The van der Waals surface area contributed by atoms with E-state index in [-0.39, 0.29) is 5.56 Å². The van der Waals surface area contributed by atoms with E-state index in [1.54, 1.807) is 29.6 Å². The summed E-state index contributed by atoms with van der Waals surface area (Å²) in [7, 11) is 0. The summed E-state index contributed by atoms with van der Waals surface area (Å²) in [5.41, 5.74) is 6.28. The van der Waals surface area contributed by atoms with E-state index in [4.69, 9.17) is 10.7 Å². The summed E-state index contributed by atoms with van der Waals surface area (Å²) >= 11 is 3.18. The first-order valence-electron chi connectivity index (χ1n) is 8.39. The molecule has 132 valence electrons. The molecule has 0 aliphatic heterocycles. The second-order valence-electron chi connectivity index (χ2n) is 5.94. The highest BCUT2D eigenvalue weighted by Crippen LogP contribution is 2.39. The van der Waals surface area contributed by atoms with Crippen LogP contribution in [-0.2, 0) is 17.6 Å². The van der Waals surface area contributed by atoms with Crippen molar-refractivity contribution in [2.75, 3.05) is 0 Å². The number of thiophene rings is 2. The van der Waals surface area contributed by atoms with Crippen molar-refractivity contribution in [3.8, 4) is 10.4 Å². The number of aryl methyl sites for hydroxylation is 2. The molecule has 0 spiro atoms. The molecule has 0 aliphatic carbocycles. The predicted molar refractivity (Wildman–Crippen MR) is 104 cm³/mol. The molecule has 1 atom stereocenters. The lowest BCUT2D eigenvalue weighted by molar-refractivity contribution is -0.120. The molecule has 1 unspecified atom stereocenters. The summed E-state index contributed by atoms with van der Waals surface area (Å²) in [6.45, 7) is 5.77. The molecule has 0 saturated carbocycles. The van der Waals surface area contributed by atoms with Gasteiger partial charge in [0, 0.05) is 21.7 Å². The average Bonchev–Trinajstić information content (AvgIpc) is 3.21. The van der Waals surface area contributed by atoms with Gasteiger partial charge in [-0.15, -0.1) is 22.7 Å². The Labute approximate surface area is 154 Å². The molecule has 0 bridgehead atoms. The number of nitrogens with zero attached hydrogens (tertiary/aromatic N) is 2. The van der Waals surface area contributed by atoms with Gasteiger partial charge in [-0.1, -0.05) is 19.9 Å². The Balaban J connectivity index is 2.41. The second-order valence-corrected chi connectivity index (χ2v) is 7.97. The lowest BCUT2D eigenvalue weighted by atomic mass is 10.1. The van der Waals surface area contributed by atoms with E-state index in [9.17, 15) is 9.59 Å². The molecule has 0 aliphatic rings. The molecule has 5 nitrogen and oxygen atoms in total. The van der Waals surface area contributed by atoms with Crippen LogP contribution in [0.4, 0.5) is 0 Å². The fourth-order valence-electron chi connectivity index (χ4n) is 3.01. The normalized spacial score (nSPS) is 12.6. The van der Waals surface area contributed by atoms with Crippen LogP contribution >= 0.6 is 22.7 Å². The van der Waals surface area contributed by atoms with Gasteiger partial charge >= 0.3 is 0 Å². The first-order chi connectivity index (χ1) is 12.0. The monoisotopic (exact) mass is 375 g/mol. The van der Waals surface area contributed by atoms with Crippen LogP contribution in [0.2, 0.25) is 0 Å². The van der Waals surface area contributed by atoms with Gasteiger partial charge in [-0.3, -0.25) is 14.2 Å². The number of fused-ring (bicyclic) bond motifs is 1. The molecule has 1 amide bonds. The molecule has 25 heavy (non-hydrogen) atoms. The first-order valence-corrected chi connectivity index (χ1v) is 10.1. The van der Waals surface area contributed by atoms with Crippen LogP contribution in [0.3, 0.4) is 0 Å². The molecular formula is C18H21N3O2S2. The van der Waals surface area contributed by atoms with Gasteiger partial charge in [-0.25, -0.2) is 4.98 Å². The predicted octanol–water partition coefficient (Wildman–Crippen LogP) is 3.75. The number of carbonyl (C=O) groups excluding carboxylic acids is 1. The third-order valence-electron chi connectivity index (χ3n) is 4.27. The quantitative estimate of drug-likeness (QED) is 0.713. The minimum absolute atomic E-state index is 0.167. The van der Waals surface area contributed by atoms with Crippen molar-refractivity contribution < 1.29 is 4.79 Å². The van der Waals surface area contributed by atoms with E-state index in [1.165, 1.54) is 4.57 Å². The number of amides is 1. The maximum absolute atomic E-state index is 13.3. The smallest absolute Gasteiger partial charge is 0.263 e. The maximum Gasteiger partial charge on any atom is 0.263 e. The van der Waals surface area contributed by atoms with Gasteiger partial charge in [0.2, 0.25) is 5.91 Å². The molecule has 0 fully saturated rings. The SMILES string of the molecule is CCCc1nc2sc(CC)c(-c3cccs3)c2c(=O)n1C(C)C(N)=O. The van der Waals surface area contributed by atoms with Gasteiger partial charge in [0.15, 0.2) is 0 Å². The van der Waals surface area contributed by atoms with Crippen molar-refractivity contribution in [2.45, 2.75) is 46.1 Å². The molecule has 0 aromatic carbocycles. The van der Waals surface area contributed by atoms with E-state index >= 15 is 0 Å². The highest BCUT2D eigenvalue weighted by Gasteiger charge is 2.24. The van der Waals surface area contributed by atoms with Gasteiger partial charge in [-0.05, 0) is 31.2 Å². The van der Waals surface area contributed by atoms with Gasteiger partial charge < -0.3 is 5.73 Å². The van der Waals surface area contributed by atoms with Crippen LogP contribution in [0.1, 0.15) is 43.9 Å². The van der Waals surface area contributed by atoms with E-state index in [2.05, 4.69) is 6.92 Å². The van der Waals surface area contributed by atoms with Crippen molar-refractivity contribution in [3.63, 3.8) is 0 Å². The van der Waals surface area contributed by atoms with Gasteiger partial charge in [0.05, 0.1) is 5.39 Å². The number of nitrogens with two attached hydrogens (primary N) is 1. The van der Waals surface area contributed by atoms with Gasteiger partial charge in [-0.2, -0.15) is 0 Å². The number of aromatic nitrogens is 2. The fourth-order valence-corrected chi connectivity index (χ4v) is 5.01.